The Morgan fingerprint density at radius 3 is 1.37 bits per heavy atom. The van der Waals surface area contributed by atoms with Gasteiger partial charge in [-0.3, -0.25) is 9.59 Å². The monoisotopic (exact) mass is 811 g/mol. The molecule has 0 radical (unpaired) electrons. The van der Waals surface area contributed by atoms with Crippen LogP contribution in [-0.2, 0) is 38.0 Å². The standard InChI is InChI=1S/C47H86O10/c1-4-6-8-10-12-14-16-18-20-22-24-26-28-30-32-34-42(50)55-40-41-44(53-38-36-48)45(54-39-37-49)46(47(52-3)56-41)57-43(51)35-33-31-29-27-25-23-21-19-17-15-13-11-9-7-5-2/h18-21,41,44-49H,4-17,22-40H2,1-3H3/b20-18+,21-19+. The molecule has 1 aliphatic heterocycles. The van der Waals surface area contributed by atoms with Crippen LogP contribution >= 0.6 is 0 Å². The van der Waals surface area contributed by atoms with E-state index in [9.17, 15) is 19.8 Å². The second-order valence-corrected chi connectivity index (χ2v) is 15.7. The number of ether oxygens (including phenoxy) is 6. The van der Waals surface area contributed by atoms with Crippen LogP contribution in [0.25, 0.3) is 0 Å². The molecule has 10 nitrogen and oxygen atoms in total. The number of rotatable bonds is 40. The molecule has 0 amide bonds. The fourth-order valence-corrected chi connectivity index (χ4v) is 7.23. The summed E-state index contributed by atoms with van der Waals surface area (Å²) in [5, 5.41) is 19.1. The summed E-state index contributed by atoms with van der Waals surface area (Å²) in [6.45, 7) is 3.81. The molecule has 1 saturated heterocycles. The van der Waals surface area contributed by atoms with Crippen LogP contribution < -0.4 is 0 Å². The van der Waals surface area contributed by atoms with Crippen molar-refractivity contribution in [1.82, 2.24) is 0 Å². The van der Waals surface area contributed by atoms with E-state index in [1.54, 1.807) is 0 Å². The maximum absolute atomic E-state index is 13.0. The van der Waals surface area contributed by atoms with Gasteiger partial charge in [-0.25, -0.2) is 0 Å². The topological polar surface area (TPSA) is 130 Å². The summed E-state index contributed by atoms with van der Waals surface area (Å²) in [6, 6.07) is 0. The van der Waals surface area contributed by atoms with E-state index in [4.69, 9.17) is 28.4 Å². The van der Waals surface area contributed by atoms with Crippen LogP contribution in [-0.4, -0.2) is 93.0 Å². The van der Waals surface area contributed by atoms with Crippen LogP contribution in [0.4, 0.5) is 0 Å². The molecule has 1 heterocycles. The summed E-state index contributed by atoms with van der Waals surface area (Å²) in [5.74, 6) is -0.723. The third-order valence-corrected chi connectivity index (χ3v) is 10.6. The van der Waals surface area contributed by atoms with Gasteiger partial charge in [0.2, 0.25) is 0 Å². The molecule has 0 bridgehead atoms. The quantitative estimate of drug-likeness (QED) is 0.0350. The molecule has 57 heavy (non-hydrogen) atoms. The van der Waals surface area contributed by atoms with Gasteiger partial charge in [0.15, 0.2) is 12.4 Å². The Balaban J connectivity index is 2.43. The first-order valence-electron chi connectivity index (χ1n) is 23.3. The van der Waals surface area contributed by atoms with Crippen LogP contribution in [0.5, 0.6) is 0 Å². The minimum atomic E-state index is -1.00. The molecule has 1 fully saturated rings. The fourth-order valence-electron chi connectivity index (χ4n) is 7.23. The Labute approximate surface area is 348 Å². The van der Waals surface area contributed by atoms with Gasteiger partial charge in [-0.2, -0.15) is 0 Å². The Hall–Kier alpha value is -1.82. The largest absolute Gasteiger partial charge is 0.463 e. The van der Waals surface area contributed by atoms with Crippen LogP contribution in [0.1, 0.15) is 194 Å². The molecule has 0 aromatic rings. The normalized spacial score (nSPS) is 19.8. The average Bonchev–Trinajstić information content (AvgIpc) is 3.21. The van der Waals surface area contributed by atoms with E-state index in [1.165, 1.54) is 103 Å². The molecule has 1 aliphatic rings. The molecular weight excluding hydrogens is 725 g/mol. The summed E-state index contributed by atoms with van der Waals surface area (Å²) in [6.07, 6.45) is 35.9. The molecule has 0 aromatic heterocycles. The highest BCUT2D eigenvalue weighted by Crippen LogP contribution is 2.30. The number of unbranched alkanes of at least 4 members (excludes halogenated alkanes) is 22. The number of hydrogen-bond donors (Lipinski definition) is 2. The van der Waals surface area contributed by atoms with Gasteiger partial charge in [-0.1, -0.05) is 141 Å². The second-order valence-electron chi connectivity index (χ2n) is 15.7. The van der Waals surface area contributed by atoms with Gasteiger partial charge >= 0.3 is 11.9 Å². The third-order valence-electron chi connectivity index (χ3n) is 10.6. The second kappa shape index (κ2) is 39.6. The summed E-state index contributed by atoms with van der Waals surface area (Å²) >= 11 is 0. The van der Waals surface area contributed by atoms with Gasteiger partial charge in [0, 0.05) is 20.0 Å². The Morgan fingerprint density at radius 2 is 0.930 bits per heavy atom. The molecule has 10 heteroatoms. The molecule has 334 valence electrons. The lowest BCUT2D eigenvalue weighted by molar-refractivity contribution is -0.312. The Kier molecular flexibility index (Phi) is 37.0. The van der Waals surface area contributed by atoms with E-state index in [0.29, 0.717) is 12.8 Å². The number of aliphatic hydroxyl groups is 2. The van der Waals surface area contributed by atoms with Crippen molar-refractivity contribution in [2.24, 2.45) is 0 Å². The van der Waals surface area contributed by atoms with Crippen molar-refractivity contribution in [2.45, 2.75) is 224 Å². The van der Waals surface area contributed by atoms with Crippen LogP contribution in [0.3, 0.4) is 0 Å². The van der Waals surface area contributed by atoms with Gasteiger partial charge in [0.1, 0.15) is 24.9 Å². The lowest BCUT2D eigenvalue weighted by Crippen LogP contribution is -2.62. The SMILES string of the molecule is CCCCCCCC/C=C/CCCCCCCC(=O)OCC1OC(OC)C(OC(=O)CCCCCCC/C=C/CCCCCCCC)C(OCCO)C1OCCO. The average molecular weight is 811 g/mol. The maximum Gasteiger partial charge on any atom is 0.306 e. The highest BCUT2D eigenvalue weighted by atomic mass is 16.7. The third kappa shape index (κ3) is 29.1. The van der Waals surface area contributed by atoms with Crippen molar-refractivity contribution in [3.05, 3.63) is 24.3 Å². The van der Waals surface area contributed by atoms with E-state index < -0.39 is 36.7 Å². The van der Waals surface area contributed by atoms with E-state index in [1.807, 2.05) is 0 Å². The lowest BCUT2D eigenvalue weighted by atomic mass is 9.98. The number of hydrogen-bond acceptors (Lipinski definition) is 10. The van der Waals surface area contributed by atoms with E-state index in [2.05, 4.69) is 38.2 Å². The smallest absolute Gasteiger partial charge is 0.306 e. The van der Waals surface area contributed by atoms with Crippen LogP contribution in [0.2, 0.25) is 0 Å². The zero-order valence-electron chi connectivity index (χ0n) is 36.7. The van der Waals surface area contributed by atoms with E-state index in [0.717, 1.165) is 64.2 Å². The Bertz CT molecular complexity index is 972. The van der Waals surface area contributed by atoms with Crippen LogP contribution in [0.15, 0.2) is 24.3 Å². The molecule has 0 aliphatic carbocycles. The lowest BCUT2D eigenvalue weighted by Gasteiger charge is -2.44. The summed E-state index contributed by atoms with van der Waals surface area (Å²) in [4.78, 5) is 25.7. The van der Waals surface area contributed by atoms with Gasteiger partial charge in [-0.05, 0) is 64.2 Å². The maximum atomic E-state index is 13.0. The van der Waals surface area contributed by atoms with Crippen molar-refractivity contribution in [1.29, 1.82) is 0 Å². The predicted octanol–water partition coefficient (Wildman–Crippen LogP) is 10.6. The summed E-state index contributed by atoms with van der Waals surface area (Å²) in [5.41, 5.74) is 0. The van der Waals surface area contributed by atoms with Crippen molar-refractivity contribution in [3.63, 3.8) is 0 Å². The van der Waals surface area contributed by atoms with Gasteiger partial charge < -0.3 is 38.6 Å². The highest BCUT2D eigenvalue weighted by molar-refractivity contribution is 5.70. The first kappa shape index (κ1) is 53.2. The highest BCUT2D eigenvalue weighted by Gasteiger charge is 2.50. The zero-order valence-corrected chi connectivity index (χ0v) is 36.7. The van der Waals surface area contributed by atoms with Crippen molar-refractivity contribution < 1.29 is 48.2 Å². The number of aliphatic hydroxyl groups excluding tert-OH is 2. The van der Waals surface area contributed by atoms with Crippen LogP contribution in [0, 0.1) is 0 Å². The minimum absolute atomic E-state index is 0.0282. The van der Waals surface area contributed by atoms with Gasteiger partial charge in [0.25, 0.3) is 0 Å². The summed E-state index contributed by atoms with van der Waals surface area (Å²) < 4.78 is 35.2. The molecule has 1 rings (SSSR count). The van der Waals surface area contributed by atoms with Crippen molar-refractivity contribution >= 4 is 11.9 Å². The number of carbonyl (C=O) groups excluding carboxylic acids is 2. The molecular formula is C47H86O10. The number of allylic oxidation sites excluding steroid dienone is 4. The van der Waals surface area contributed by atoms with E-state index >= 15 is 0 Å². The first-order chi connectivity index (χ1) is 28.0. The fraction of sp³-hybridized carbons (Fsp3) is 0.872. The summed E-state index contributed by atoms with van der Waals surface area (Å²) in [7, 11) is 1.45. The molecule has 2 N–H and O–H groups in total. The predicted molar refractivity (Wildman–Crippen MR) is 229 cm³/mol. The molecule has 0 spiro atoms. The molecule has 5 unspecified atom stereocenters. The number of esters is 2. The number of carbonyl (C=O) groups is 2. The number of methoxy groups -OCH3 is 1. The zero-order chi connectivity index (χ0) is 41.4. The molecule has 0 saturated carbocycles. The molecule has 0 aromatic carbocycles. The van der Waals surface area contributed by atoms with Gasteiger partial charge in [0.05, 0.1) is 26.4 Å². The van der Waals surface area contributed by atoms with Gasteiger partial charge in [-0.15, -0.1) is 0 Å². The first-order valence-corrected chi connectivity index (χ1v) is 23.3. The molecule has 5 atom stereocenters. The minimum Gasteiger partial charge on any atom is -0.463 e. The Morgan fingerprint density at radius 1 is 0.526 bits per heavy atom. The van der Waals surface area contributed by atoms with Crippen molar-refractivity contribution in [3.8, 4) is 0 Å². The van der Waals surface area contributed by atoms with Crippen molar-refractivity contribution in [2.75, 3.05) is 40.1 Å². The van der Waals surface area contributed by atoms with E-state index in [-0.39, 0.29) is 45.4 Å².